The number of amides is 1. The third-order valence-corrected chi connectivity index (χ3v) is 4.21. The minimum absolute atomic E-state index is 0.0154. The first-order valence-electron chi connectivity index (χ1n) is 7.29. The molecule has 0 spiro atoms. The molecule has 22 heavy (non-hydrogen) atoms. The smallest absolute Gasteiger partial charge is 0.270 e. The molecule has 6 nitrogen and oxygen atoms in total. The van der Waals surface area contributed by atoms with Crippen molar-refractivity contribution in [1.29, 1.82) is 0 Å². The Morgan fingerprint density at radius 1 is 1.50 bits per heavy atom. The summed E-state index contributed by atoms with van der Waals surface area (Å²) in [5.41, 5.74) is 6.34. The molecule has 0 aliphatic carbocycles. The molecule has 2 rings (SSSR count). The van der Waals surface area contributed by atoms with Gasteiger partial charge in [0.25, 0.3) is 11.5 Å². The number of nitrogens with two attached hydrogens (primary N) is 1. The molecule has 1 unspecified atom stereocenters. The maximum absolute atomic E-state index is 12.5. The van der Waals surface area contributed by atoms with Gasteiger partial charge < -0.3 is 11.1 Å². The van der Waals surface area contributed by atoms with Crippen LogP contribution < -0.4 is 16.6 Å². The van der Waals surface area contributed by atoms with Crippen LogP contribution >= 0.6 is 0 Å². The van der Waals surface area contributed by atoms with Crippen molar-refractivity contribution in [2.75, 3.05) is 6.54 Å². The predicted octanol–water partition coefficient (Wildman–Crippen LogP) is 1.11. The number of rotatable bonds is 4. The van der Waals surface area contributed by atoms with Crippen LogP contribution in [0.25, 0.3) is 5.65 Å². The molecule has 118 valence electrons. The van der Waals surface area contributed by atoms with Crippen molar-refractivity contribution >= 4 is 11.6 Å². The lowest BCUT2D eigenvalue weighted by molar-refractivity contribution is 0.0881. The van der Waals surface area contributed by atoms with Crippen molar-refractivity contribution in [2.24, 2.45) is 11.7 Å². The zero-order valence-electron chi connectivity index (χ0n) is 13.4. The van der Waals surface area contributed by atoms with Crippen LogP contribution in [0.1, 0.15) is 36.7 Å². The summed E-state index contributed by atoms with van der Waals surface area (Å²) in [6.07, 6.45) is 2.95. The molecule has 0 fully saturated rings. The average molecular weight is 302 g/mol. The van der Waals surface area contributed by atoms with Gasteiger partial charge in [0.15, 0.2) is 0 Å². The highest BCUT2D eigenvalue weighted by Gasteiger charge is 2.30. The van der Waals surface area contributed by atoms with E-state index < -0.39 is 11.4 Å². The molecule has 1 atom stereocenters. The number of fused-ring (bicyclic) bond motifs is 1. The molecule has 2 aromatic rings. The Bertz CT molecular complexity index is 766. The summed E-state index contributed by atoms with van der Waals surface area (Å²) >= 11 is 0. The van der Waals surface area contributed by atoms with Crippen LogP contribution in [0.5, 0.6) is 0 Å². The van der Waals surface area contributed by atoms with Crippen LogP contribution in [-0.4, -0.2) is 27.4 Å². The van der Waals surface area contributed by atoms with Gasteiger partial charge in [-0.15, -0.1) is 0 Å². The van der Waals surface area contributed by atoms with Gasteiger partial charge in [-0.05, 0) is 37.5 Å². The van der Waals surface area contributed by atoms with E-state index in [0.717, 1.165) is 5.56 Å². The van der Waals surface area contributed by atoms with E-state index in [-0.39, 0.29) is 23.6 Å². The highest BCUT2D eigenvalue weighted by molar-refractivity contribution is 5.94. The number of carbonyl (C=O) groups is 1. The molecule has 3 N–H and O–H groups in total. The van der Waals surface area contributed by atoms with Crippen LogP contribution in [-0.2, 0) is 0 Å². The Morgan fingerprint density at radius 2 is 2.18 bits per heavy atom. The van der Waals surface area contributed by atoms with E-state index in [4.69, 9.17) is 5.73 Å². The Balaban J connectivity index is 2.43. The van der Waals surface area contributed by atoms with E-state index in [2.05, 4.69) is 10.3 Å². The lowest BCUT2D eigenvalue weighted by atomic mass is 9.88. The molecule has 0 saturated carbocycles. The van der Waals surface area contributed by atoms with E-state index in [0.29, 0.717) is 5.65 Å². The SMILES string of the molecule is Cc1ccn2c(=O)c(C(=O)NC(C)(CN)C(C)C)cnc2c1. The summed E-state index contributed by atoms with van der Waals surface area (Å²) in [7, 11) is 0. The van der Waals surface area contributed by atoms with Crippen LogP contribution in [0.15, 0.2) is 29.3 Å². The third-order valence-electron chi connectivity index (χ3n) is 4.21. The molecule has 0 aromatic carbocycles. The molecule has 0 radical (unpaired) electrons. The summed E-state index contributed by atoms with van der Waals surface area (Å²) in [6.45, 7) is 8.02. The summed E-state index contributed by atoms with van der Waals surface area (Å²) < 4.78 is 1.37. The second-order valence-corrected chi connectivity index (χ2v) is 6.14. The quantitative estimate of drug-likeness (QED) is 0.885. The Hall–Kier alpha value is -2.21. The van der Waals surface area contributed by atoms with Gasteiger partial charge in [-0.2, -0.15) is 0 Å². The van der Waals surface area contributed by atoms with Gasteiger partial charge in [0.1, 0.15) is 11.2 Å². The lowest BCUT2D eigenvalue weighted by Crippen LogP contribution is -2.55. The second kappa shape index (κ2) is 5.88. The van der Waals surface area contributed by atoms with E-state index in [1.54, 1.807) is 18.3 Å². The van der Waals surface area contributed by atoms with Crippen LogP contribution in [0, 0.1) is 12.8 Å². The van der Waals surface area contributed by atoms with Gasteiger partial charge in [0, 0.05) is 18.9 Å². The molecule has 6 heteroatoms. The first-order valence-corrected chi connectivity index (χ1v) is 7.29. The standard InChI is InChI=1S/C16H22N4O2/c1-10(2)16(4,9-17)19-14(21)12-8-18-13-7-11(3)5-6-20(13)15(12)22/h5-8,10H,9,17H2,1-4H3,(H,19,21). The number of nitrogens with zero attached hydrogens (tertiary/aromatic N) is 2. The van der Waals surface area contributed by atoms with E-state index in [1.165, 1.54) is 10.6 Å². The van der Waals surface area contributed by atoms with Crippen molar-refractivity contribution in [3.8, 4) is 0 Å². The maximum atomic E-state index is 12.5. The fraction of sp³-hybridized carbons (Fsp3) is 0.438. The van der Waals surface area contributed by atoms with Gasteiger partial charge in [-0.3, -0.25) is 14.0 Å². The second-order valence-electron chi connectivity index (χ2n) is 6.14. The Morgan fingerprint density at radius 3 is 2.77 bits per heavy atom. The lowest BCUT2D eigenvalue weighted by Gasteiger charge is -2.33. The van der Waals surface area contributed by atoms with Crippen LogP contribution in [0.2, 0.25) is 0 Å². The topological polar surface area (TPSA) is 89.5 Å². The Kier molecular flexibility index (Phi) is 4.32. The number of nitrogens with one attached hydrogen (secondary N) is 1. The predicted molar refractivity (Wildman–Crippen MR) is 86.0 cm³/mol. The number of hydrogen-bond acceptors (Lipinski definition) is 4. The maximum Gasteiger partial charge on any atom is 0.270 e. The third kappa shape index (κ3) is 2.87. The van der Waals surface area contributed by atoms with Crippen molar-refractivity contribution in [1.82, 2.24) is 14.7 Å². The molecule has 2 aromatic heterocycles. The zero-order chi connectivity index (χ0) is 16.5. The number of hydrogen-bond donors (Lipinski definition) is 2. The molecule has 0 aliphatic heterocycles. The van der Waals surface area contributed by atoms with Gasteiger partial charge in [0.2, 0.25) is 0 Å². The number of carbonyl (C=O) groups excluding carboxylic acids is 1. The molecule has 0 bridgehead atoms. The zero-order valence-corrected chi connectivity index (χ0v) is 13.4. The molecule has 0 aliphatic rings. The van der Waals surface area contributed by atoms with E-state index in [9.17, 15) is 9.59 Å². The highest BCUT2D eigenvalue weighted by atomic mass is 16.2. The van der Waals surface area contributed by atoms with Gasteiger partial charge in [-0.25, -0.2) is 4.98 Å². The van der Waals surface area contributed by atoms with E-state index in [1.807, 2.05) is 27.7 Å². The molecule has 1 amide bonds. The molecule has 2 heterocycles. The number of pyridine rings is 1. The van der Waals surface area contributed by atoms with Gasteiger partial charge >= 0.3 is 0 Å². The van der Waals surface area contributed by atoms with Crippen LogP contribution in [0.3, 0.4) is 0 Å². The van der Waals surface area contributed by atoms with Gasteiger partial charge in [0.05, 0.1) is 5.54 Å². The van der Waals surface area contributed by atoms with Crippen molar-refractivity contribution in [3.05, 3.63) is 46.0 Å². The average Bonchev–Trinajstić information content (AvgIpc) is 2.46. The summed E-state index contributed by atoms with van der Waals surface area (Å²) in [4.78, 5) is 29.1. The van der Waals surface area contributed by atoms with E-state index >= 15 is 0 Å². The minimum atomic E-state index is -0.573. The minimum Gasteiger partial charge on any atom is -0.345 e. The summed E-state index contributed by atoms with van der Waals surface area (Å²) in [6, 6.07) is 3.59. The van der Waals surface area contributed by atoms with Gasteiger partial charge in [-0.1, -0.05) is 13.8 Å². The first-order chi connectivity index (χ1) is 10.3. The highest BCUT2D eigenvalue weighted by Crippen LogP contribution is 2.15. The van der Waals surface area contributed by atoms with Crippen molar-refractivity contribution in [2.45, 2.75) is 33.2 Å². The largest absolute Gasteiger partial charge is 0.345 e. The number of aryl methyl sites for hydroxylation is 1. The fourth-order valence-corrected chi connectivity index (χ4v) is 2.09. The van der Waals surface area contributed by atoms with Crippen molar-refractivity contribution in [3.63, 3.8) is 0 Å². The Labute approximate surface area is 129 Å². The normalized spacial score (nSPS) is 14.1. The first kappa shape index (κ1) is 16.2. The molecule has 0 saturated heterocycles. The number of aromatic nitrogens is 2. The molecular formula is C16H22N4O2. The molecular weight excluding hydrogens is 280 g/mol. The fourth-order valence-electron chi connectivity index (χ4n) is 2.09. The summed E-state index contributed by atoms with van der Waals surface area (Å²) in [5, 5.41) is 2.86. The monoisotopic (exact) mass is 302 g/mol. The van der Waals surface area contributed by atoms with Crippen molar-refractivity contribution < 1.29 is 4.79 Å². The summed E-state index contributed by atoms with van der Waals surface area (Å²) in [5.74, 6) is -0.311. The van der Waals surface area contributed by atoms with Crippen LogP contribution in [0.4, 0.5) is 0 Å².